The molecule has 0 unspecified atom stereocenters. The van der Waals surface area contributed by atoms with Gasteiger partial charge in [-0.1, -0.05) is 29.3 Å². The van der Waals surface area contributed by atoms with Gasteiger partial charge in [0.05, 0.1) is 11.6 Å². The molecule has 2 aromatic carbocycles. The second-order valence-corrected chi connectivity index (χ2v) is 10.9. The zero-order chi connectivity index (χ0) is 26.3. The minimum atomic E-state index is -4.26. The first-order valence-corrected chi connectivity index (χ1v) is 13.6. The van der Waals surface area contributed by atoms with Gasteiger partial charge in [0.15, 0.2) is 5.13 Å². The average molecular weight is 574 g/mol. The number of carbonyl (C=O) groups is 1. The predicted octanol–water partition coefficient (Wildman–Crippen LogP) is 5.69. The van der Waals surface area contributed by atoms with Gasteiger partial charge in [0.1, 0.15) is 22.2 Å². The summed E-state index contributed by atoms with van der Waals surface area (Å²) in [6.07, 6.45) is 4.10. The molecule has 3 rings (SSSR count). The summed E-state index contributed by atoms with van der Waals surface area (Å²) in [5.41, 5.74) is 0.690. The molecule has 192 valence electrons. The minimum Gasteiger partial charge on any atom is -0.480 e. The number of nitrogens with zero attached hydrogens (tertiary/aromatic N) is 2. The number of carboxylic acids is 1. The van der Waals surface area contributed by atoms with Crippen LogP contribution in [0.4, 0.5) is 9.52 Å². The Bertz CT molecular complexity index is 1340. The van der Waals surface area contributed by atoms with Gasteiger partial charge in [0.2, 0.25) is 0 Å². The second-order valence-electron chi connectivity index (χ2n) is 7.53. The number of benzene rings is 2. The van der Waals surface area contributed by atoms with Crippen molar-refractivity contribution >= 4 is 55.7 Å². The zero-order valence-electron chi connectivity index (χ0n) is 18.8. The number of halogens is 3. The van der Waals surface area contributed by atoms with Gasteiger partial charge >= 0.3 is 5.97 Å². The van der Waals surface area contributed by atoms with Crippen LogP contribution in [-0.2, 0) is 21.2 Å². The second kappa shape index (κ2) is 12.5. The number of thiazole rings is 1. The summed E-state index contributed by atoms with van der Waals surface area (Å²) in [5.74, 6) is -1.72. The van der Waals surface area contributed by atoms with Gasteiger partial charge in [-0.3, -0.25) is 14.4 Å². The van der Waals surface area contributed by atoms with E-state index in [9.17, 15) is 17.6 Å². The molecule has 8 nitrogen and oxygen atoms in total. The maximum atomic E-state index is 14.8. The largest absolute Gasteiger partial charge is 0.480 e. The quantitative estimate of drug-likeness (QED) is 0.253. The van der Waals surface area contributed by atoms with Crippen LogP contribution in [0.3, 0.4) is 0 Å². The molecule has 0 bridgehead atoms. The van der Waals surface area contributed by atoms with E-state index < -0.39 is 26.7 Å². The first-order valence-electron chi connectivity index (χ1n) is 10.5. The fourth-order valence-electron chi connectivity index (χ4n) is 3.30. The lowest BCUT2D eigenvalue weighted by Gasteiger charge is -2.19. The van der Waals surface area contributed by atoms with Crippen molar-refractivity contribution in [2.45, 2.75) is 17.7 Å². The molecule has 36 heavy (non-hydrogen) atoms. The van der Waals surface area contributed by atoms with E-state index in [1.165, 1.54) is 6.20 Å². The van der Waals surface area contributed by atoms with Gasteiger partial charge < -0.3 is 9.84 Å². The smallest absolute Gasteiger partial charge is 0.317 e. The Morgan fingerprint density at radius 1 is 1.28 bits per heavy atom. The van der Waals surface area contributed by atoms with Crippen LogP contribution in [0, 0.1) is 5.82 Å². The number of ether oxygens (including phenoxy) is 1. The van der Waals surface area contributed by atoms with Gasteiger partial charge in [0.25, 0.3) is 10.0 Å². The van der Waals surface area contributed by atoms with Crippen LogP contribution >= 0.6 is 34.5 Å². The molecule has 13 heteroatoms. The van der Waals surface area contributed by atoms with E-state index >= 15 is 0 Å². The fraction of sp³-hybridized carbons (Fsp3) is 0.217. The van der Waals surface area contributed by atoms with E-state index in [1.807, 2.05) is 0 Å². The predicted molar refractivity (Wildman–Crippen MR) is 138 cm³/mol. The minimum absolute atomic E-state index is 0.0786. The third-order valence-corrected chi connectivity index (χ3v) is 7.54. The summed E-state index contributed by atoms with van der Waals surface area (Å²) in [6.45, 7) is 4.43. The number of nitrogens with one attached hydrogen (secondary N) is 1. The number of sulfonamides is 1. The molecule has 0 spiro atoms. The van der Waals surface area contributed by atoms with Crippen molar-refractivity contribution in [3.8, 4) is 11.5 Å². The number of aromatic nitrogens is 1. The van der Waals surface area contributed by atoms with Gasteiger partial charge in [-0.2, -0.15) is 0 Å². The van der Waals surface area contributed by atoms with E-state index in [0.717, 1.165) is 23.5 Å². The van der Waals surface area contributed by atoms with E-state index in [1.54, 1.807) is 34.6 Å². The monoisotopic (exact) mass is 573 g/mol. The molecule has 0 aliphatic heterocycles. The summed E-state index contributed by atoms with van der Waals surface area (Å²) in [5, 5.41) is 11.1. The molecular weight excluding hydrogens is 552 g/mol. The molecule has 0 saturated carbocycles. The van der Waals surface area contributed by atoms with Gasteiger partial charge in [0, 0.05) is 29.2 Å². The van der Waals surface area contributed by atoms with Gasteiger partial charge in [-0.25, -0.2) is 17.8 Å². The van der Waals surface area contributed by atoms with Crippen LogP contribution in [-0.4, -0.2) is 49.0 Å². The first-order chi connectivity index (χ1) is 17.1. The van der Waals surface area contributed by atoms with Crippen LogP contribution in [0.5, 0.6) is 11.5 Å². The van der Waals surface area contributed by atoms with Crippen molar-refractivity contribution in [2.24, 2.45) is 0 Å². The van der Waals surface area contributed by atoms with Crippen molar-refractivity contribution in [3.05, 3.63) is 76.0 Å². The topological polar surface area (TPSA) is 109 Å². The van der Waals surface area contributed by atoms with E-state index in [2.05, 4.69) is 16.3 Å². The van der Waals surface area contributed by atoms with Gasteiger partial charge in [-0.15, -0.1) is 17.9 Å². The van der Waals surface area contributed by atoms with Crippen molar-refractivity contribution in [1.82, 2.24) is 9.88 Å². The van der Waals surface area contributed by atoms with Crippen LogP contribution < -0.4 is 9.46 Å². The van der Waals surface area contributed by atoms with Crippen molar-refractivity contribution in [1.29, 1.82) is 0 Å². The Morgan fingerprint density at radius 2 is 2.06 bits per heavy atom. The van der Waals surface area contributed by atoms with Crippen molar-refractivity contribution in [2.75, 3.05) is 24.4 Å². The third-order valence-electron chi connectivity index (χ3n) is 4.84. The number of aryl methyl sites for hydroxylation is 1. The SMILES string of the molecule is C=CCN(CCCc1cc(Cl)ccc1Oc1cc(F)c(S(=O)(=O)Nc2nccs2)cc1Cl)CC(=O)O. The molecule has 0 radical (unpaired) electrons. The number of carboxylic acid groups (broad SMARTS) is 1. The number of hydrogen-bond donors (Lipinski definition) is 2. The van der Waals surface area contributed by atoms with E-state index in [0.29, 0.717) is 42.3 Å². The lowest BCUT2D eigenvalue weighted by atomic mass is 10.1. The first kappa shape index (κ1) is 27.9. The molecule has 0 fully saturated rings. The fourth-order valence-corrected chi connectivity index (χ4v) is 5.64. The lowest BCUT2D eigenvalue weighted by Crippen LogP contribution is -2.31. The van der Waals surface area contributed by atoms with Crippen molar-refractivity contribution in [3.63, 3.8) is 0 Å². The Hall–Kier alpha value is -2.70. The van der Waals surface area contributed by atoms with E-state index in [4.69, 9.17) is 33.0 Å². The molecule has 3 aromatic rings. The Morgan fingerprint density at radius 3 is 2.72 bits per heavy atom. The molecule has 0 atom stereocenters. The number of anilines is 1. The summed E-state index contributed by atoms with van der Waals surface area (Å²) in [4.78, 5) is 16.0. The highest BCUT2D eigenvalue weighted by atomic mass is 35.5. The lowest BCUT2D eigenvalue weighted by molar-refractivity contribution is -0.138. The highest BCUT2D eigenvalue weighted by Crippen LogP contribution is 2.36. The number of rotatable bonds is 13. The zero-order valence-corrected chi connectivity index (χ0v) is 21.9. The average Bonchev–Trinajstić information content (AvgIpc) is 3.29. The van der Waals surface area contributed by atoms with E-state index in [-0.39, 0.29) is 22.4 Å². The standard InChI is InChI=1S/C23H22Cl2FN3O5S2/c1-2-8-29(14-22(30)31)9-3-4-15-11-16(24)5-6-19(15)34-20-13-18(26)21(12-17(20)25)36(32,33)28-23-27-7-10-35-23/h2,5-7,10-13H,1,3-4,8-9,14H2,(H,27,28)(H,30,31). The summed E-state index contributed by atoms with van der Waals surface area (Å²) in [7, 11) is -4.26. The number of aliphatic carboxylic acids is 1. The normalized spacial score (nSPS) is 11.4. The maximum absolute atomic E-state index is 14.8. The highest BCUT2D eigenvalue weighted by molar-refractivity contribution is 7.93. The molecular formula is C23H22Cl2FN3O5S2. The molecule has 1 aromatic heterocycles. The van der Waals surface area contributed by atoms with Crippen LogP contribution in [0.15, 0.2) is 59.5 Å². The Balaban J connectivity index is 1.78. The summed E-state index contributed by atoms with van der Waals surface area (Å²) >= 11 is 13.4. The molecule has 0 aliphatic rings. The van der Waals surface area contributed by atoms with Crippen LogP contribution in [0.25, 0.3) is 0 Å². The van der Waals surface area contributed by atoms with Crippen LogP contribution in [0.2, 0.25) is 10.0 Å². The molecule has 2 N–H and O–H groups in total. The summed E-state index contributed by atoms with van der Waals surface area (Å²) < 4.78 is 48.0. The molecule has 0 amide bonds. The number of hydrogen-bond acceptors (Lipinski definition) is 7. The van der Waals surface area contributed by atoms with Crippen molar-refractivity contribution < 1.29 is 27.4 Å². The highest BCUT2D eigenvalue weighted by Gasteiger charge is 2.23. The van der Waals surface area contributed by atoms with Crippen LogP contribution in [0.1, 0.15) is 12.0 Å². The Labute approximate surface area is 222 Å². The molecule has 0 aliphatic carbocycles. The molecule has 1 heterocycles. The van der Waals surface area contributed by atoms with Gasteiger partial charge in [-0.05, 0) is 49.2 Å². The Kier molecular flexibility index (Phi) is 9.69. The third kappa shape index (κ3) is 7.65. The maximum Gasteiger partial charge on any atom is 0.317 e. The summed E-state index contributed by atoms with van der Waals surface area (Å²) in [6, 6.07) is 6.74. The molecule has 0 saturated heterocycles.